The number of rotatable bonds is 7. The molecule has 0 atom stereocenters. The van der Waals surface area contributed by atoms with E-state index in [2.05, 4.69) is 5.32 Å². The van der Waals surface area contributed by atoms with Crippen LogP contribution in [0, 0.1) is 0 Å². The maximum absolute atomic E-state index is 11.2. The molecule has 0 spiro atoms. The lowest BCUT2D eigenvalue weighted by Gasteiger charge is -2.28. The van der Waals surface area contributed by atoms with E-state index in [-0.39, 0.29) is 5.91 Å². The van der Waals surface area contributed by atoms with Gasteiger partial charge in [-0.15, -0.1) is 0 Å². The van der Waals surface area contributed by atoms with Crippen LogP contribution in [-0.4, -0.2) is 46.6 Å². The number of hydrogen-bond acceptors (Lipinski definition) is 4. The van der Waals surface area contributed by atoms with Gasteiger partial charge in [0.25, 0.3) is 0 Å². The average molecular weight is 205 g/mol. The highest BCUT2D eigenvalue weighted by molar-refractivity contribution is 5.76. The first-order chi connectivity index (χ1) is 6.64. The van der Waals surface area contributed by atoms with E-state index < -0.39 is 25.4 Å². The smallest absolute Gasteiger partial charge is 0.220 e. The number of carbonyl (C=O) groups excluding carboxylic acids is 1. The summed E-state index contributed by atoms with van der Waals surface area (Å²) in [5.41, 5.74) is -1.29. The van der Waals surface area contributed by atoms with Crippen LogP contribution in [0.3, 0.4) is 0 Å². The quantitative estimate of drug-likeness (QED) is 0.429. The molecule has 0 radical (unpaired) electrons. The van der Waals surface area contributed by atoms with Crippen LogP contribution in [0.2, 0.25) is 0 Å². The van der Waals surface area contributed by atoms with Gasteiger partial charge in [0.2, 0.25) is 5.91 Å². The first kappa shape index (κ1) is 13.4. The van der Waals surface area contributed by atoms with Crippen LogP contribution in [0.4, 0.5) is 0 Å². The lowest BCUT2D eigenvalue weighted by atomic mass is 10.0. The van der Waals surface area contributed by atoms with Gasteiger partial charge in [0.1, 0.15) is 5.54 Å². The van der Waals surface area contributed by atoms with Gasteiger partial charge in [-0.2, -0.15) is 0 Å². The number of aliphatic hydroxyl groups excluding tert-OH is 3. The lowest BCUT2D eigenvalue weighted by molar-refractivity contribution is -0.125. The zero-order valence-corrected chi connectivity index (χ0v) is 8.49. The molecular weight excluding hydrogens is 186 g/mol. The summed E-state index contributed by atoms with van der Waals surface area (Å²) < 4.78 is 0. The number of aliphatic hydroxyl groups is 3. The average Bonchev–Trinajstić information content (AvgIpc) is 2.23. The minimum Gasteiger partial charge on any atom is -0.394 e. The highest BCUT2D eigenvalue weighted by atomic mass is 16.3. The molecule has 5 nitrogen and oxygen atoms in total. The fraction of sp³-hybridized carbons (Fsp3) is 0.889. The third kappa shape index (κ3) is 4.04. The van der Waals surface area contributed by atoms with Gasteiger partial charge in [0.05, 0.1) is 19.8 Å². The van der Waals surface area contributed by atoms with Crippen molar-refractivity contribution in [2.24, 2.45) is 0 Å². The van der Waals surface area contributed by atoms with Crippen LogP contribution >= 0.6 is 0 Å². The van der Waals surface area contributed by atoms with Gasteiger partial charge in [0.15, 0.2) is 0 Å². The minimum atomic E-state index is -1.29. The summed E-state index contributed by atoms with van der Waals surface area (Å²) in [6, 6.07) is 0. The van der Waals surface area contributed by atoms with Crippen molar-refractivity contribution in [1.29, 1.82) is 0 Å². The number of nitrogens with one attached hydrogen (secondary N) is 1. The Hall–Kier alpha value is -0.650. The maximum Gasteiger partial charge on any atom is 0.220 e. The van der Waals surface area contributed by atoms with Crippen molar-refractivity contribution in [2.75, 3.05) is 19.8 Å². The Bertz CT molecular complexity index is 160. The molecule has 0 aromatic carbocycles. The van der Waals surface area contributed by atoms with Gasteiger partial charge in [-0.25, -0.2) is 0 Å². The van der Waals surface area contributed by atoms with E-state index in [0.29, 0.717) is 6.42 Å². The topological polar surface area (TPSA) is 89.8 Å². The Morgan fingerprint density at radius 1 is 1.21 bits per heavy atom. The molecule has 0 rings (SSSR count). The molecule has 5 heteroatoms. The molecule has 0 aliphatic rings. The molecule has 14 heavy (non-hydrogen) atoms. The monoisotopic (exact) mass is 205 g/mol. The Kier molecular flexibility index (Phi) is 6.44. The maximum atomic E-state index is 11.2. The largest absolute Gasteiger partial charge is 0.394 e. The normalized spacial score (nSPS) is 11.4. The van der Waals surface area contributed by atoms with Crippen molar-refractivity contribution in [3.63, 3.8) is 0 Å². The van der Waals surface area contributed by atoms with E-state index in [0.717, 1.165) is 12.8 Å². The van der Waals surface area contributed by atoms with Crippen molar-refractivity contribution < 1.29 is 20.1 Å². The van der Waals surface area contributed by atoms with Gasteiger partial charge in [-0.3, -0.25) is 4.79 Å². The molecule has 4 N–H and O–H groups in total. The molecule has 0 heterocycles. The Labute approximate surface area is 83.8 Å². The van der Waals surface area contributed by atoms with E-state index in [4.69, 9.17) is 15.3 Å². The van der Waals surface area contributed by atoms with Gasteiger partial charge in [0, 0.05) is 6.42 Å². The summed E-state index contributed by atoms with van der Waals surface area (Å²) in [4.78, 5) is 11.2. The molecule has 0 aromatic rings. The van der Waals surface area contributed by atoms with Crippen LogP contribution in [0.5, 0.6) is 0 Å². The van der Waals surface area contributed by atoms with Gasteiger partial charge in [-0.05, 0) is 6.42 Å². The van der Waals surface area contributed by atoms with Crippen LogP contribution in [-0.2, 0) is 4.79 Å². The highest BCUT2D eigenvalue weighted by Gasteiger charge is 2.29. The fourth-order valence-electron chi connectivity index (χ4n) is 0.964. The first-order valence-electron chi connectivity index (χ1n) is 4.77. The highest BCUT2D eigenvalue weighted by Crippen LogP contribution is 2.03. The molecule has 0 aliphatic carbocycles. The minimum absolute atomic E-state index is 0.260. The summed E-state index contributed by atoms with van der Waals surface area (Å²) in [6.45, 7) is 0.540. The summed E-state index contributed by atoms with van der Waals surface area (Å²) in [7, 11) is 0. The molecule has 0 aromatic heterocycles. The lowest BCUT2D eigenvalue weighted by Crippen LogP contribution is -2.57. The van der Waals surface area contributed by atoms with E-state index in [1.165, 1.54) is 0 Å². The Balaban J connectivity index is 4.08. The van der Waals surface area contributed by atoms with Crippen molar-refractivity contribution in [3.8, 4) is 0 Å². The van der Waals surface area contributed by atoms with Crippen LogP contribution < -0.4 is 5.32 Å². The second-order valence-electron chi connectivity index (χ2n) is 3.41. The molecule has 0 saturated heterocycles. The second-order valence-corrected chi connectivity index (χ2v) is 3.41. The molecule has 0 fully saturated rings. The van der Waals surface area contributed by atoms with Crippen LogP contribution in [0.25, 0.3) is 0 Å². The number of amides is 1. The molecule has 1 amide bonds. The standard InChI is InChI=1S/C9H19NO4/c1-2-3-4-8(14)10-9(5-11,6-12)7-13/h11-13H,2-7H2,1H3,(H,10,14). The van der Waals surface area contributed by atoms with Gasteiger partial charge >= 0.3 is 0 Å². The van der Waals surface area contributed by atoms with Crippen molar-refractivity contribution in [2.45, 2.75) is 31.7 Å². The fourth-order valence-corrected chi connectivity index (χ4v) is 0.964. The predicted octanol–water partition coefficient (Wildman–Crippen LogP) is -0.992. The van der Waals surface area contributed by atoms with Gasteiger partial charge < -0.3 is 20.6 Å². The number of carbonyl (C=O) groups is 1. The molecule has 0 saturated carbocycles. The summed E-state index contributed by atoms with van der Waals surface area (Å²) in [5, 5.41) is 29.2. The number of hydrogen-bond donors (Lipinski definition) is 4. The van der Waals surface area contributed by atoms with E-state index in [9.17, 15) is 4.79 Å². The molecular formula is C9H19NO4. The van der Waals surface area contributed by atoms with E-state index in [1.54, 1.807) is 0 Å². The van der Waals surface area contributed by atoms with Crippen LogP contribution in [0.1, 0.15) is 26.2 Å². The molecule has 84 valence electrons. The van der Waals surface area contributed by atoms with E-state index >= 15 is 0 Å². The SMILES string of the molecule is CCCCC(=O)NC(CO)(CO)CO. The third-order valence-electron chi connectivity index (χ3n) is 2.07. The predicted molar refractivity (Wildman–Crippen MR) is 51.7 cm³/mol. The second kappa shape index (κ2) is 6.75. The number of unbranched alkanes of at least 4 members (excludes halogenated alkanes) is 1. The van der Waals surface area contributed by atoms with Crippen molar-refractivity contribution in [1.82, 2.24) is 5.32 Å². The third-order valence-corrected chi connectivity index (χ3v) is 2.07. The van der Waals surface area contributed by atoms with E-state index in [1.807, 2.05) is 6.92 Å². The summed E-state index contributed by atoms with van der Waals surface area (Å²) in [5.74, 6) is -0.260. The first-order valence-corrected chi connectivity index (χ1v) is 4.77. The van der Waals surface area contributed by atoms with Gasteiger partial charge in [-0.1, -0.05) is 13.3 Å². The van der Waals surface area contributed by atoms with Crippen molar-refractivity contribution in [3.05, 3.63) is 0 Å². The van der Waals surface area contributed by atoms with Crippen molar-refractivity contribution >= 4 is 5.91 Å². The molecule has 0 unspecified atom stereocenters. The summed E-state index contributed by atoms with van der Waals surface area (Å²) >= 11 is 0. The summed E-state index contributed by atoms with van der Waals surface area (Å²) in [6.07, 6.45) is 2.00. The Morgan fingerprint density at radius 3 is 2.07 bits per heavy atom. The Morgan fingerprint density at radius 2 is 1.71 bits per heavy atom. The molecule has 0 bridgehead atoms. The zero-order valence-electron chi connectivity index (χ0n) is 8.49. The molecule has 0 aliphatic heterocycles. The zero-order chi connectivity index (χ0) is 11.0. The van der Waals surface area contributed by atoms with Crippen LogP contribution in [0.15, 0.2) is 0 Å².